The first-order valence-corrected chi connectivity index (χ1v) is 7.11. The third-order valence-corrected chi connectivity index (χ3v) is 2.96. The van der Waals surface area contributed by atoms with Gasteiger partial charge in [-0.2, -0.15) is 5.10 Å². The summed E-state index contributed by atoms with van der Waals surface area (Å²) >= 11 is 0. The van der Waals surface area contributed by atoms with Crippen molar-refractivity contribution in [3.05, 3.63) is 0 Å². The monoisotopic (exact) mass is 303 g/mol. The first kappa shape index (κ1) is 21.7. The Labute approximate surface area is 127 Å². The van der Waals surface area contributed by atoms with E-state index in [0.29, 0.717) is 0 Å². The molecule has 21 heavy (non-hydrogen) atoms. The zero-order chi connectivity index (χ0) is 16.8. The molecule has 0 aromatic carbocycles. The van der Waals surface area contributed by atoms with Gasteiger partial charge >= 0.3 is 11.9 Å². The predicted molar refractivity (Wildman–Crippen MR) is 83.4 cm³/mol. The lowest BCUT2D eigenvalue weighted by Gasteiger charge is -2.20. The first-order chi connectivity index (χ1) is 9.87. The van der Waals surface area contributed by atoms with Crippen LogP contribution in [-0.2, 0) is 14.3 Å². The molecule has 0 aliphatic heterocycles. The van der Waals surface area contributed by atoms with Crippen LogP contribution in [0.5, 0.6) is 0 Å². The minimum Gasteiger partial charge on any atom is -0.480 e. The summed E-state index contributed by atoms with van der Waals surface area (Å²) in [6.07, 6.45) is 1.23. The second kappa shape index (κ2) is 13.4. The number of methoxy groups -OCH3 is 1. The zero-order valence-electron chi connectivity index (χ0n) is 14.0. The SMILES string of the molecule is CC=NN(C)C(CC(=O)OC)C(=O)O.CCN(CC)CC. The van der Waals surface area contributed by atoms with Crippen molar-refractivity contribution in [3.63, 3.8) is 0 Å². The summed E-state index contributed by atoms with van der Waals surface area (Å²) in [6, 6.07) is -0.987. The molecular formula is C14H29N3O4. The predicted octanol–water partition coefficient (Wildman–Crippen LogP) is 1.29. The smallest absolute Gasteiger partial charge is 0.328 e. The van der Waals surface area contributed by atoms with Crippen LogP contribution in [0.1, 0.15) is 34.1 Å². The van der Waals surface area contributed by atoms with Crippen LogP contribution < -0.4 is 0 Å². The van der Waals surface area contributed by atoms with Gasteiger partial charge in [0.05, 0.1) is 13.5 Å². The molecule has 0 saturated heterocycles. The number of likely N-dealkylation sites (N-methyl/N-ethyl adjacent to an activating group) is 1. The highest BCUT2D eigenvalue weighted by Crippen LogP contribution is 2.04. The van der Waals surface area contributed by atoms with Crippen LogP contribution in [0.15, 0.2) is 5.10 Å². The number of hydrogen-bond acceptors (Lipinski definition) is 6. The van der Waals surface area contributed by atoms with Crippen molar-refractivity contribution in [2.24, 2.45) is 5.10 Å². The number of carbonyl (C=O) groups is 2. The van der Waals surface area contributed by atoms with E-state index in [0.717, 1.165) is 0 Å². The Kier molecular flexibility index (Phi) is 13.8. The Hall–Kier alpha value is -1.63. The lowest BCUT2D eigenvalue weighted by Crippen LogP contribution is -2.37. The van der Waals surface area contributed by atoms with Gasteiger partial charge in [-0.3, -0.25) is 9.80 Å². The quantitative estimate of drug-likeness (QED) is 0.413. The fourth-order valence-corrected chi connectivity index (χ4v) is 1.55. The number of carboxylic acid groups (broad SMARTS) is 1. The van der Waals surface area contributed by atoms with Crippen LogP contribution in [0, 0.1) is 0 Å². The Balaban J connectivity index is 0. The fourth-order valence-electron chi connectivity index (χ4n) is 1.55. The molecule has 0 heterocycles. The van der Waals surface area contributed by atoms with E-state index in [1.165, 1.54) is 45.0 Å². The van der Waals surface area contributed by atoms with Crippen molar-refractivity contribution >= 4 is 18.2 Å². The minimum absolute atomic E-state index is 0.223. The Morgan fingerprint density at radius 1 is 1.24 bits per heavy atom. The topological polar surface area (TPSA) is 82.4 Å². The average Bonchev–Trinajstić information content (AvgIpc) is 2.46. The van der Waals surface area contributed by atoms with E-state index in [1.807, 2.05) is 0 Å². The molecule has 0 spiro atoms. The number of rotatable bonds is 8. The highest BCUT2D eigenvalue weighted by molar-refractivity contribution is 5.81. The van der Waals surface area contributed by atoms with Crippen LogP contribution >= 0.6 is 0 Å². The number of esters is 1. The van der Waals surface area contributed by atoms with E-state index in [2.05, 4.69) is 35.5 Å². The molecule has 0 bridgehead atoms. The molecular weight excluding hydrogens is 274 g/mol. The molecule has 0 aliphatic carbocycles. The second-order valence-electron chi connectivity index (χ2n) is 4.20. The van der Waals surface area contributed by atoms with E-state index in [9.17, 15) is 9.59 Å². The Morgan fingerprint density at radius 2 is 1.71 bits per heavy atom. The number of aliphatic carboxylic acids is 1. The van der Waals surface area contributed by atoms with Gasteiger partial charge in [0.15, 0.2) is 6.04 Å². The highest BCUT2D eigenvalue weighted by atomic mass is 16.5. The number of ether oxygens (including phenoxy) is 1. The van der Waals surface area contributed by atoms with Crippen LogP contribution in [0.25, 0.3) is 0 Å². The molecule has 0 fully saturated rings. The number of hydrogen-bond donors (Lipinski definition) is 1. The molecule has 0 aromatic rings. The second-order valence-corrected chi connectivity index (χ2v) is 4.20. The van der Waals surface area contributed by atoms with E-state index in [4.69, 9.17) is 5.11 Å². The molecule has 7 nitrogen and oxygen atoms in total. The lowest BCUT2D eigenvalue weighted by molar-refractivity contribution is -0.150. The van der Waals surface area contributed by atoms with E-state index >= 15 is 0 Å². The molecule has 1 atom stereocenters. The number of carboxylic acids is 1. The average molecular weight is 303 g/mol. The van der Waals surface area contributed by atoms with Gasteiger partial charge in [0.1, 0.15) is 0 Å². The van der Waals surface area contributed by atoms with Crippen molar-refractivity contribution in [3.8, 4) is 0 Å². The highest BCUT2D eigenvalue weighted by Gasteiger charge is 2.25. The van der Waals surface area contributed by atoms with Crippen LogP contribution in [0.4, 0.5) is 0 Å². The van der Waals surface area contributed by atoms with Crippen molar-refractivity contribution in [1.29, 1.82) is 0 Å². The third kappa shape index (κ3) is 10.8. The molecule has 1 unspecified atom stereocenters. The number of hydrazone groups is 1. The molecule has 0 saturated carbocycles. The van der Waals surface area contributed by atoms with Gasteiger partial charge in [0, 0.05) is 13.3 Å². The molecule has 0 radical (unpaired) electrons. The van der Waals surface area contributed by atoms with Crippen LogP contribution in [0.3, 0.4) is 0 Å². The summed E-state index contributed by atoms with van der Waals surface area (Å²) < 4.78 is 4.38. The van der Waals surface area contributed by atoms with E-state index in [1.54, 1.807) is 6.92 Å². The Bertz CT molecular complexity index is 312. The van der Waals surface area contributed by atoms with Gasteiger partial charge < -0.3 is 14.7 Å². The maximum atomic E-state index is 10.9. The summed E-state index contributed by atoms with van der Waals surface area (Å²) in [7, 11) is 2.70. The molecule has 124 valence electrons. The molecule has 7 heteroatoms. The van der Waals surface area contributed by atoms with Gasteiger partial charge in [-0.15, -0.1) is 0 Å². The molecule has 0 rings (SSSR count). The molecule has 0 aliphatic rings. The van der Waals surface area contributed by atoms with E-state index < -0.39 is 18.0 Å². The maximum absolute atomic E-state index is 10.9. The van der Waals surface area contributed by atoms with Gasteiger partial charge in [0.25, 0.3) is 0 Å². The third-order valence-electron chi connectivity index (χ3n) is 2.96. The molecule has 0 aromatic heterocycles. The van der Waals surface area contributed by atoms with Gasteiger partial charge in [0.2, 0.25) is 0 Å². The molecule has 0 amide bonds. The standard InChI is InChI=1S/C8H14N2O4.C6H15N/c1-4-9-10(2)6(8(12)13)5-7(11)14-3;1-4-7(5-2)6-3/h4,6H,5H2,1-3H3,(H,12,13);4-6H2,1-3H3. The van der Waals surface area contributed by atoms with Crippen molar-refractivity contribution in [1.82, 2.24) is 9.91 Å². The largest absolute Gasteiger partial charge is 0.480 e. The summed E-state index contributed by atoms with van der Waals surface area (Å²) in [6.45, 7) is 11.8. The van der Waals surface area contributed by atoms with Crippen molar-refractivity contribution in [2.45, 2.75) is 40.2 Å². The first-order valence-electron chi connectivity index (χ1n) is 7.11. The van der Waals surface area contributed by atoms with Gasteiger partial charge in [-0.05, 0) is 26.6 Å². The fraction of sp³-hybridized carbons (Fsp3) is 0.786. The van der Waals surface area contributed by atoms with Gasteiger partial charge in [-0.25, -0.2) is 4.79 Å². The van der Waals surface area contributed by atoms with E-state index in [-0.39, 0.29) is 6.42 Å². The molecule has 1 N–H and O–H groups in total. The van der Waals surface area contributed by atoms with Crippen molar-refractivity contribution < 1.29 is 19.4 Å². The maximum Gasteiger partial charge on any atom is 0.328 e. The summed E-state index contributed by atoms with van der Waals surface area (Å²) in [5.41, 5.74) is 0. The van der Waals surface area contributed by atoms with Gasteiger partial charge in [-0.1, -0.05) is 20.8 Å². The number of nitrogens with zero attached hydrogens (tertiary/aromatic N) is 3. The zero-order valence-corrected chi connectivity index (χ0v) is 14.0. The Morgan fingerprint density at radius 3 is 1.95 bits per heavy atom. The normalized spacial score (nSPS) is 11.8. The van der Waals surface area contributed by atoms with Crippen LogP contribution in [0.2, 0.25) is 0 Å². The summed E-state index contributed by atoms with van der Waals surface area (Å²) in [5, 5.41) is 13.8. The minimum atomic E-state index is -1.11. The lowest BCUT2D eigenvalue weighted by atomic mass is 10.2. The van der Waals surface area contributed by atoms with Crippen LogP contribution in [-0.4, -0.2) is 73.0 Å². The number of carbonyl (C=O) groups excluding carboxylic acids is 1. The summed E-state index contributed by atoms with van der Waals surface area (Å²) in [4.78, 5) is 24.0. The summed E-state index contributed by atoms with van der Waals surface area (Å²) in [5.74, 6) is -1.68. The van der Waals surface area contributed by atoms with Crippen molar-refractivity contribution in [2.75, 3.05) is 33.8 Å².